The van der Waals surface area contributed by atoms with Crippen molar-refractivity contribution in [3.63, 3.8) is 0 Å². The molecule has 28 heavy (non-hydrogen) atoms. The molecule has 3 rings (SSSR count). The fourth-order valence-electron chi connectivity index (χ4n) is 3.20. The molecule has 1 unspecified atom stereocenters. The lowest BCUT2D eigenvalue weighted by Crippen LogP contribution is -2.50. The molecule has 0 saturated carbocycles. The highest BCUT2D eigenvalue weighted by Crippen LogP contribution is 2.28. The number of nitrogens with zero attached hydrogens (tertiary/aromatic N) is 1. The minimum atomic E-state index is -0.117. The lowest BCUT2D eigenvalue weighted by atomic mass is 10.0. The van der Waals surface area contributed by atoms with Gasteiger partial charge in [-0.2, -0.15) is 0 Å². The van der Waals surface area contributed by atoms with E-state index in [2.05, 4.69) is 5.32 Å². The molecule has 5 nitrogen and oxygen atoms in total. The van der Waals surface area contributed by atoms with Crippen LogP contribution in [-0.2, 0) is 4.79 Å². The molecule has 1 heterocycles. The van der Waals surface area contributed by atoms with E-state index in [1.807, 2.05) is 36.1 Å². The van der Waals surface area contributed by atoms with Crippen LogP contribution in [0.3, 0.4) is 0 Å². The van der Waals surface area contributed by atoms with Gasteiger partial charge in [0.05, 0.1) is 6.04 Å². The SMILES string of the molecule is CCC(=O)c1ccc(OCC(=O)N2CCNCC2c2ccccc2Cl)cc1.Cl. The first kappa shape index (κ1) is 22.2. The smallest absolute Gasteiger partial charge is 0.261 e. The summed E-state index contributed by atoms with van der Waals surface area (Å²) in [5, 5.41) is 3.97. The number of amides is 1. The topological polar surface area (TPSA) is 58.6 Å². The first-order valence-electron chi connectivity index (χ1n) is 9.11. The Labute approximate surface area is 176 Å². The second-order valence-corrected chi connectivity index (χ2v) is 6.83. The molecular formula is C21H24Cl2N2O3. The highest BCUT2D eigenvalue weighted by Gasteiger charge is 2.29. The maximum atomic E-state index is 12.8. The van der Waals surface area contributed by atoms with E-state index < -0.39 is 0 Å². The number of carbonyl (C=O) groups excluding carboxylic acids is 2. The van der Waals surface area contributed by atoms with Crippen molar-refractivity contribution in [2.45, 2.75) is 19.4 Å². The normalized spacial score (nSPS) is 16.2. The number of ketones is 1. The number of ether oxygens (including phenoxy) is 1. The van der Waals surface area contributed by atoms with E-state index in [-0.39, 0.29) is 36.7 Å². The summed E-state index contributed by atoms with van der Waals surface area (Å²) in [5.74, 6) is 0.566. The molecule has 2 aromatic carbocycles. The maximum Gasteiger partial charge on any atom is 0.261 e. The summed E-state index contributed by atoms with van der Waals surface area (Å²) < 4.78 is 5.65. The average Bonchev–Trinajstić information content (AvgIpc) is 2.72. The van der Waals surface area contributed by atoms with Crippen LogP contribution < -0.4 is 10.1 Å². The van der Waals surface area contributed by atoms with Crippen LogP contribution in [0.4, 0.5) is 0 Å². The minimum Gasteiger partial charge on any atom is -0.484 e. The van der Waals surface area contributed by atoms with Crippen molar-refractivity contribution in [3.8, 4) is 5.75 Å². The molecule has 1 fully saturated rings. The van der Waals surface area contributed by atoms with Crippen molar-refractivity contribution in [1.82, 2.24) is 10.2 Å². The molecule has 0 spiro atoms. The van der Waals surface area contributed by atoms with Gasteiger partial charge in [-0.3, -0.25) is 9.59 Å². The zero-order valence-corrected chi connectivity index (χ0v) is 17.3. The summed E-state index contributed by atoms with van der Waals surface area (Å²) in [6.07, 6.45) is 0.463. The summed E-state index contributed by atoms with van der Waals surface area (Å²) in [4.78, 5) is 26.3. The number of hydrogen-bond acceptors (Lipinski definition) is 4. The first-order chi connectivity index (χ1) is 13.1. The van der Waals surface area contributed by atoms with Crippen molar-refractivity contribution in [3.05, 3.63) is 64.7 Å². The lowest BCUT2D eigenvalue weighted by molar-refractivity contribution is -0.136. The predicted molar refractivity (Wildman–Crippen MR) is 113 cm³/mol. The Morgan fingerprint density at radius 3 is 2.57 bits per heavy atom. The molecular weight excluding hydrogens is 399 g/mol. The van der Waals surface area contributed by atoms with E-state index >= 15 is 0 Å². The minimum absolute atomic E-state index is 0. The van der Waals surface area contributed by atoms with E-state index in [9.17, 15) is 9.59 Å². The van der Waals surface area contributed by atoms with Gasteiger partial charge in [0.25, 0.3) is 5.91 Å². The van der Waals surface area contributed by atoms with Gasteiger partial charge in [0.15, 0.2) is 12.4 Å². The summed E-state index contributed by atoms with van der Waals surface area (Å²) in [6, 6.07) is 14.4. The molecule has 0 radical (unpaired) electrons. The molecule has 1 saturated heterocycles. The van der Waals surface area contributed by atoms with Crippen molar-refractivity contribution in [2.75, 3.05) is 26.2 Å². The highest BCUT2D eigenvalue weighted by molar-refractivity contribution is 6.31. The Bertz CT molecular complexity index is 812. The second kappa shape index (κ2) is 10.5. The molecule has 1 aliphatic rings. The Hall–Kier alpha value is -2.08. The summed E-state index contributed by atoms with van der Waals surface area (Å²) in [7, 11) is 0. The number of halogens is 2. The Kier molecular flexibility index (Phi) is 8.30. The van der Waals surface area contributed by atoms with Gasteiger partial charge >= 0.3 is 0 Å². The highest BCUT2D eigenvalue weighted by atomic mass is 35.5. The van der Waals surface area contributed by atoms with E-state index in [1.165, 1.54) is 0 Å². The largest absolute Gasteiger partial charge is 0.484 e. The van der Waals surface area contributed by atoms with Gasteiger partial charge in [-0.05, 0) is 35.9 Å². The molecule has 1 amide bonds. The fourth-order valence-corrected chi connectivity index (χ4v) is 3.46. The zero-order chi connectivity index (χ0) is 19.2. The lowest BCUT2D eigenvalue weighted by Gasteiger charge is -2.36. The molecule has 1 N–H and O–H groups in total. The van der Waals surface area contributed by atoms with Gasteiger partial charge in [-0.15, -0.1) is 12.4 Å². The molecule has 2 aromatic rings. The van der Waals surface area contributed by atoms with E-state index in [0.29, 0.717) is 35.8 Å². The number of benzene rings is 2. The van der Waals surface area contributed by atoms with Crippen molar-refractivity contribution in [1.29, 1.82) is 0 Å². The first-order valence-corrected chi connectivity index (χ1v) is 9.48. The molecule has 1 aliphatic heterocycles. The second-order valence-electron chi connectivity index (χ2n) is 6.42. The third-order valence-electron chi connectivity index (χ3n) is 4.69. The standard InChI is InChI=1S/C21H23ClN2O3.ClH/c1-2-20(25)15-7-9-16(10-8-15)27-14-21(26)24-12-11-23-13-19(24)17-5-3-4-6-18(17)22;/h3-10,19,23H,2,11-14H2,1H3;1H. The van der Waals surface area contributed by atoms with Gasteiger partial charge < -0.3 is 15.0 Å². The summed E-state index contributed by atoms with van der Waals surface area (Å²) in [6.45, 7) is 3.77. The quantitative estimate of drug-likeness (QED) is 0.716. The fraction of sp³-hybridized carbons (Fsp3) is 0.333. The van der Waals surface area contributed by atoms with Crippen LogP contribution in [0.25, 0.3) is 0 Å². The third-order valence-corrected chi connectivity index (χ3v) is 5.03. The van der Waals surface area contributed by atoms with Gasteiger partial charge in [-0.1, -0.05) is 36.7 Å². The summed E-state index contributed by atoms with van der Waals surface area (Å²) in [5.41, 5.74) is 1.58. The van der Waals surface area contributed by atoms with E-state index in [0.717, 1.165) is 12.1 Å². The number of nitrogens with one attached hydrogen (secondary N) is 1. The van der Waals surface area contributed by atoms with Crippen LogP contribution >= 0.6 is 24.0 Å². The molecule has 7 heteroatoms. The van der Waals surface area contributed by atoms with Crippen LogP contribution in [0, 0.1) is 0 Å². The molecule has 150 valence electrons. The number of rotatable bonds is 6. The number of hydrogen-bond donors (Lipinski definition) is 1. The monoisotopic (exact) mass is 422 g/mol. The van der Waals surface area contributed by atoms with Crippen molar-refractivity contribution < 1.29 is 14.3 Å². The Balaban J connectivity index is 0.00000280. The molecule has 0 bridgehead atoms. The van der Waals surface area contributed by atoms with Crippen LogP contribution in [-0.4, -0.2) is 42.8 Å². The maximum absolute atomic E-state index is 12.8. The van der Waals surface area contributed by atoms with Crippen molar-refractivity contribution >= 4 is 35.7 Å². The number of carbonyl (C=O) groups is 2. The van der Waals surface area contributed by atoms with Gasteiger partial charge in [0, 0.05) is 36.6 Å². The molecule has 1 atom stereocenters. The van der Waals surface area contributed by atoms with Crippen LogP contribution in [0.5, 0.6) is 5.75 Å². The van der Waals surface area contributed by atoms with Gasteiger partial charge in [0.1, 0.15) is 5.75 Å². The predicted octanol–water partition coefficient (Wildman–Crippen LogP) is 3.91. The van der Waals surface area contributed by atoms with Crippen LogP contribution in [0.2, 0.25) is 5.02 Å². The molecule has 0 aliphatic carbocycles. The zero-order valence-electron chi connectivity index (χ0n) is 15.7. The van der Waals surface area contributed by atoms with Crippen LogP contribution in [0.15, 0.2) is 48.5 Å². The number of Topliss-reactive ketones (excluding diaryl/α,β-unsaturated/α-hetero) is 1. The number of piperazine rings is 1. The van der Waals surface area contributed by atoms with E-state index in [4.69, 9.17) is 16.3 Å². The Morgan fingerprint density at radius 1 is 1.18 bits per heavy atom. The van der Waals surface area contributed by atoms with Gasteiger partial charge in [-0.25, -0.2) is 0 Å². The third kappa shape index (κ3) is 5.25. The molecule has 0 aromatic heterocycles. The average molecular weight is 423 g/mol. The van der Waals surface area contributed by atoms with Gasteiger partial charge in [0.2, 0.25) is 0 Å². The van der Waals surface area contributed by atoms with E-state index in [1.54, 1.807) is 24.3 Å². The summed E-state index contributed by atoms with van der Waals surface area (Å²) >= 11 is 6.33. The Morgan fingerprint density at radius 2 is 1.89 bits per heavy atom. The van der Waals surface area contributed by atoms with Crippen molar-refractivity contribution in [2.24, 2.45) is 0 Å². The van der Waals surface area contributed by atoms with Crippen LogP contribution in [0.1, 0.15) is 35.3 Å².